The summed E-state index contributed by atoms with van der Waals surface area (Å²) < 4.78 is 0. The Balaban J connectivity index is 1.52. The first-order chi connectivity index (χ1) is 12.5. The summed E-state index contributed by atoms with van der Waals surface area (Å²) in [6.45, 7) is 1.85. The molecule has 134 valence electrons. The lowest BCUT2D eigenvalue weighted by atomic mass is 10.0. The minimum absolute atomic E-state index is 0.0425. The first-order valence-electron chi connectivity index (χ1n) is 8.34. The van der Waals surface area contributed by atoms with E-state index in [0.29, 0.717) is 0 Å². The molecule has 0 saturated heterocycles. The summed E-state index contributed by atoms with van der Waals surface area (Å²) in [6, 6.07) is 6.30. The van der Waals surface area contributed by atoms with Gasteiger partial charge in [0.2, 0.25) is 0 Å². The van der Waals surface area contributed by atoms with Crippen molar-refractivity contribution < 1.29 is 9.72 Å². The summed E-state index contributed by atoms with van der Waals surface area (Å²) in [5.74, 6) is -0.0425. The molecule has 0 radical (unpaired) electrons. The van der Waals surface area contributed by atoms with E-state index in [1.54, 1.807) is 23.5 Å². The fourth-order valence-corrected chi connectivity index (χ4v) is 4.64. The Morgan fingerprint density at radius 2 is 2.08 bits per heavy atom. The third-order valence-electron chi connectivity index (χ3n) is 4.63. The van der Waals surface area contributed by atoms with E-state index in [4.69, 9.17) is 0 Å². The first kappa shape index (κ1) is 16.7. The largest absolute Gasteiger partial charge is 0.353 e. The zero-order valence-electron chi connectivity index (χ0n) is 14.2. The molecule has 1 unspecified atom stereocenters. The number of fused-ring (bicyclic) bond motifs is 3. The van der Waals surface area contributed by atoms with Gasteiger partial charge in [0.25, 0.3) is 11.6 Å². The number of carbonyl (C=O) groups is 1. The number of carbonyl (C=O) groups excluding carboxylic acids is 1. The van der Waals surface area contributed by atoms with Crippen LogP contribution in [0.3, 0.4) is 0 Å². The van der Waals surface area contributed by atoms with Gasteiger partial charge in [0.15, 0.2) is 0 Å². The molecule has 0 fully saturated rings. The SMILES string of the molecule is CN1CCc2c(sc3c2C(=O)NC(/C=C\c2ccc([N+](=O)[O-])cc2)N3)C1. The van der Waals surface area contributed by atoms with Gasteiger partial charge in [0, 0.05) is 30.1 Å². The predicted molar refractivity (Wildman–Crippen MR) is 101 cm³/mol. The van der Waals surface area contributed by atoms with Crippen LogP contribution in [0.5, 0.6) is 0 Å². The second-order valence-corrected chi connectivity index (χ2v) is 7.60. The van der Waals surface area contributed by atoms with Crippen molar-refractivity contribution in [3.05, 3.63) is 62.0 Å². The fraction of sp³-hybridized carbons (Fsp3) is 0.278. The van der Waals surface area contributed by atoms with Gasteiger partial charge in [0.1, 0.15) is 11.2 Å². The van der Waals surface area contributed by atoms with Gasteiger partial charge < -0.3 is 15.5 Å². The number of anilines is 1. The lowest BCUT2D eigenvalue weighted by Crippen LogP contribution is -2.43. The van der Waals surface area contributed by atoms with Crippen LogP contribution >= 0.6 is 11.3 Å². The molecule has 2 N–H and O–H groups in total. The number of nitrogens with zero attached hydrogens (tertiary/aromatic N) is 2. The Labute approximate surface area is 154 Å². The quantitative estimate of drug-likeness (QED) is 0.641. The van der Waals surface area contributed by atoms with Crippen LogP contribution in [-0.2, 0) is 13.0 Å². The van der Waals surface area contributed by atoms with Crippen molar-refractivity contribution in [2.45, 2.75) is 19.1 Å². The van der Waals surface area contributed by atoms with Crippen molar-refractivity contribution in [3.63, 3.8) is 0 Å². The van der Waals surface area contributed by atoms with E-state index in [1.807, 2.05) is 12.2 Å². The van der Waals surface area contributed by atoms with Crippen molar-refractivity contribution in [1.82, 2.24) is 10.2 Å². The number of nitrogens with one attached hydrogen (secondary N) is 2. The average Bonchev–Trinajstić information content (AvgIpc) is 2.98. The van der Waals surface area contributed by atoms with Crippen LogP contribution in [0.25, 0.3) is 6.08 Å². The van der Waals surface area contributed by atoms with E-state index >= 15 is 0 Å². The number of nitro benzene ring substituents is 1. The summed E-state index contributed by atoms with van der Waals surface area (Å²) in [5, 5.41) is 18.0. The van der Waals surface area contributed by atoms with Gasteiger partial charge in [0.05, 0.1) is 10.5 Å². The molecule has 1 amide bonds. The molecule has 2 aliphatic heterocycles. The molecule has 0 bridgehead atoms. The molecule has 0 saturated carbocycles. The van der Waals surface area contributed by atoms with E-state index in [1.165, 1.54) is 22.6 Å². The smallest absolute Gasteiger partial charge is 0.269 e. The van der Waals surface area contributed by atoms with Crippen LogP contribution in [0.2, 0.25) is 0 Å². The Morgan fingerprint density at radius 1 is 1.31 bits per heavy atom. The van der Waals surface area contributed by atoms with E-state index in [0.717, 1.165) is 35.6 Å². The summed E-state index contributed by atoms with van der Waals surface area (Å²) in [4.78, 5) is 26.4. The molecule has 7 nitrogen and oxygen atoms in total. The van der Waals surface area contributed by atoms with Crippen molar-refractivity contribution >= 4 is 34.0 Å². The Morgan fingerprint density at radius 3 is 2.81 bits per heavy atom. The average molecular weight is 370 g/mol. The van der Waals surface area contributed by atoms with Crippen LogP contribution in [0.1, 0.15) is 26.4 Å². The number of thiophene rings is 1. The zero-order valence-corrected chi connectivity index (χ0v) is 15.0. The number of non-ortho nitro benzene ring substituents is 1. The van der Waals surface area contributed by atoms with Crippen LogP contribution in [0.4, 0.5) is 10.7 Å². The Kier molecular flexibility index (Phi) is 4.21. The van der Waals surface area contributed by atoms with E-state index in [-0.39, 0.29) is 17.8 Å². The molecule has 2 aliphatic rings. The lowest BCUT2D eigenvalue weighted by Gasteiger charge is -2.25. The maximum atomic E-state index is 12.6. The standard InChI is InChI=1S/C18H18N4O3S/c1-21-9-8-13-14(10-21)26-18-16(13)17(23)19-15(20-18)7-4-11-2-5-12(6-3-11)22(24)25/h2-7,15,20H,8-10H2,1H3,(H,19,23)/b7-4-. The zero-order chi connectivity index (χ0) is 18.3. The molecule has 0 aliphatic carbocycles. The van der Waals surface area contributed by atoms with Gasteiger partial charge in [-0.2, -0.15) is 0 Å². The molecular formula is C18H18N4O3S. The van der Waals surface area contributed by atoms with Gasteiger partial charge >= 0.3 is 0 Å². The lowest BCUT2D eigenvalue weighted by molar-refractivity contribution is -0.384. The molecule has 3 heterocycles. The predicted octanol–water partition coefficient (Wildman–Crippen LogP) is 2.84. The van der Waals surface area contributed by atoms with Crippen LogP contribution in [0, 0.1) is 10.1 Å². The van der Waals surface area contributed by atoms with Gasteiger partial charge in [-0.15, -0.1) is 11.3 Å². The molecule has 2 aromatic rings. The number of hydrogen-bond acceptors (Lipinski definition) is 6. The molecule has 0 spiro atoms. The van der Waals surface area contributed by atoms with Gasteiger partial charge in [-0.1, -0.05) is 6.08 Å². The van der Waals surface area contributed by atoms with Crippen molar-refractivity contribution in [3.8, 4) is 0 Å². The Bertz CT molecular complexity index is 904. The normalized spacial score (nSPS) is 19.6. The van der Waals surface area contributed by atoms with Crippen molar-refractivity contribution in [1.29, 1.82) is 0 Å². The van der Waals surface area contributed by atoms with Crippen LogP contribution in [0.15, 0.2) is 30.3 Å². The van der Waals surface area contributed by atoms with Crippen LogP contribution < -0.4 is 10.6 Å². The highest BCUT2D eigenvalue weighted by Gasteiger charge is 2.31. The highest BCUT2D eigenvalue weighted by atomic mass is 32.1. The summed E-state index contributed by atoms with van der Waals surface area (Å²) in [6.07, 6.45) is 4.29. The van der Waals surface area contributed by atoms with Gasteiger partial charge in [-0.25, -0.2) is 0 Å². The van der Waals surface area contributed by atoms with Crippen LogP contribution in [-0.4, -0.2) is 35.5 Å². The topological polar surface area (TPSA) is 87.5 Å². The van der Waals surface area contributed by atoms with E-state index in [2.05, 4.69) is 22.6 Å². The van der Waals surface area contributed by atoms with Crippen molar-refractivity contribution in [2.24, 2.45) is 0 Å². The minimum Gasteiger partial charge on any atom is -0.353 e. The first-order valence-corrected chi connectivity index (χ1v) is 9.16. The Hall–Kier alpha value is -2.71. The highest BCUT2D eigenvalue weighted by molar-refractivity contribution is 7.16. The maximum absolute atomic E-state index is 12.6. The third kappa shape index (κ3) is 3.09. The number of amides is 1. The number of benzene rings is 1. The third-order valence-corrected chi connectivity index (χ3v) is 5.78. The van der Waals surface area contributed by atoms with Crippen molar-refractivity contribution in [2.75, 3.05) is 18.9 Å². The molecule has 1 aromatic heterocycles. The van der Waals surface area contributed by atoms with E-state index in [9.17, 15) is 14.9 Å². The molecule has 1 aromatic carbocycles. The number of hydrogen-bond donors (Lipinski definition) is 2. The summed E-state index contributed by atoms with van der Waals surface area (Å²) in [7, 11) is 2.09. The molecular weight excluding hydrogens is 352 g/mol. The minimum atomic E-state index is -0.423. The molecule has 8 heteroatoms. The molecule has 4 rings (SSSR count). The highest BCUT2D eigenvalue weighted by Crippen LogP contribution is 2.38. The maximum Gasteiger partial charge on any atom is 0.269 e. The monoisotopic (exact) mass is 370 g/mol. The molecule has 26 heavy (non-hydrogen) atoms. The van der Waals surface area contributed by atoms with Gasteiger partial charge in [-0.3, -0.25) is 14.9 Å². The second-order valence-electron chi connectivity index (χ2n) is 6.50. The number of rotatable bonds is 3. The van der Waals surface area contributed by atoms with E-state index < -0.39 is 4.92 Å². The summed E-state index contributed by atoms with van der Waals surface area (Å²) >= 11 is 1.65. The molecule has 1 atom stereocenters. The van der Waals surface area contributed by atoms with Gasteiger partial charge in [-0.05, 0) is 42.8 Å². The second kappa shape index (κ2) is 6.54. The fourth-order valence-electron chi connectivity index (χ4n) is 3.27. The number of likely N-dealkylation sites (N-methyl/N-ethyl adjacent to an activating group) is 1. The summed E-state index contributed by atoms with van der Waals surface area (Å²) in [5.41, 5.74) is 2.86. The number of nitro groups is 1.